The summed E-state index contributed by atoms with van der Waals surface area (Å²) in [6.07, 6.45) is 2.39. The Balaban J connectivity index is 2.76. The summed E-state index contributed by atoms with van der Waals surface area (Å²) >= 11 is 0. The van der Waals surface area contributed by atoms with Gasteiger partial charge in [0.25, 0.3) is 0 Å². The molecule has 6 nitrogen and oxygen atoms in total. The molecule has 0 amide bonds. The van der Waals surface area contributed by atoms with E-state index in [9.17, 15) is 18.9 Å². The lowest BCUT2D eigenvalue weighted by Crippen LogP contribution is -2.08. The summed E-state index contributed by atoms with van der Waals surface area (Å²) in [5.41, 5.74) is 4.08. The lowest BCUT2D eigenvalue weighted by atomic mass is 9.95. The molecule has 0 N–H and O–H groups in total. The maximum Gasteiger partial charge on any atom is 0.186 e. The number of hydrogen-bond acceptors (Lipinski definition) is 6. The first-order chi connectivity index (χ1) is 14.1. The molecule has 2 rings (SSSR count). The van der Waals surface area contributed by atoms with Crippen LogP contribution in [0.5, 0.6) is 0 Å². The van der Waals surface area contributed by atoms with Crippen LogP contribution in [0.25, 0.3) is 5.57 Å². The normalized spacial score (nSPS) is 11.6. The molecule has 0 saturated heterocycles. The van der Waals surface area contributed by atoms with Crippen molar-refractivity contribution in [3.63, 3.8) is 0 Å². The van der Waals surface area contributed by atoms with Gasteiger partial charge >= 0.3 is 0 Å². The Labute approximate surface area is 178 Å². The van der Waals surface area contributed by atoms with Crippen molar-refractivity contribution in [2.24, 2.45) is 0 Å². The Morgan fingerprint density at radius 1 is 0.800 bits per heavy atom. The van der Waals surface area contributed by atoms with E-state index in [1.165, 1.54) is 6.08 Å². The molecule has 2 aromatic rings. The number of nitriles is 2. The molecule has 2 aromatic carbocycles. The van der Waals surface area contributed by atoms with Gasteiger partial charge in [-0.15, -0.1) is 0 Å². The summed E-state index contributed by atoms with van der Waals surface area (Å²) in [5.74, 6) is 0. The van der Waals surface area contributed by atoms with Crippen LogP contribution in [0.4, 0.5) is 11.4 Å². The van der Waals surface area contributed by atoms with E-state index in [2.05, 4.69) is 0 Å². The summed E-state index contributed by atoms with van der Waals surface area (Å²) in [7, 11) is 3.92. The second kappa shape index (κ2) is 9.30. The average molecular weight is 421 g/mol. The highest BCUT2D eigenvalue weighted by atomic mass is 32.2. The van der Waals surface area contributed by atoms with Crippen LogP contribution < -0.4 is 9.80 Å². The Morgan fingerprint density at radius 2 is 1.20 bits per heavy atom. The van der Waals surface area contributed by atoms with Crippen molar-refractivity contribution in [2.75, 3.05) is 44.2 Å². The molecule has 0 aliphatic rings. The third kappa shape index (κ3) is 5.28. The predicted molar refractivity (Wildman–Crippen MR) is 122 cm³/mol. The molecule has 154 valence electrons. The topological polar surface area (TPSA) is 88.2 Å². The number of hydrogen-bond donors (Lipinski definition) is 0. The van der Waals surface area contributed by atoms with Crippen LogP contribution in [0.1, 0.15) is 11.1 Å². The van der Waals surface area contributed by atoms with Crippen LogP contribution in [0.2, 0.25) is 0 Å². The van der Waals surface area contributed by atoms with Crippen molar-refractivity contribution in [3.05, 3.63) is 76.2 Å². The largest absolute Gasteiger partial charge is 0.378 e. The Morgan fingerprint density at radius 3 is 1.47 bits per heavy atom. The number of benzene rings is 2. The Bertz CT molecular complexity index is 1110. The van der Waals surface area contributed by atoms with Gasteiger partial charge in [-0.05, 0) is 47.0 Å². The molecule has 0 unspecified atom stereocenters. The monoisotopic (exact) mass is 420 g/mol. The number of nitrogens with zero attached hydrogens (tertiary/aromatic N) is 4. The Hall–Kier alpha value is -3.55. The van der Waals surface area contributed by atoms with Crippen molar-refractivity contribution in [2.45, 2.75) is 0 Å². The first kappa shape index (κ1) is 22.7. The fraction of sp³-hybridized carbons (Fsp3) is 0.217. The molecule has 0 spiro atoms. The van der Waals surface area contributed by atoms with Gasteiger partial charge in [0.15, 0.2) is 14.7 Å². The van der Waals surface area contributed by atoms with Crippen LogP contribution in [-0.4, -0.2) is 42.9 Å². The molecule has 0 saturated carbocycles. The van der Waals surface area contributed by atoms with Crippen molar-refractivity contribution in [1.29, 1.82) is 10.5 Å². The number of allylic oxidation sites excluding steroid dienone is 3. The van der Waals surface area contributed by atoms with E-state index >= 15 is 0 Å². The molecule has 0 aromatic heterocycles. The first-order valence-electron chi connectivity index (χ1n) is 9.10. The standard InChI is InChI=1S/C23H24N4O2S/c1-26(2)20-10-6-17(7-11-20)22(18-8-12-21(13-9-18)27(3)4)14-19(15-24)23(16-25)30(5,28)29/h6-14H,1-5H3. The molecule has 0 heterocycles. The van der Waals surface area contributed by atoms with Gasteiger partial charge in [-0.1, -0.05) is 24.3 Å². The van der Waals surface area contributed by atoms with Crippen molar-refractivity contribution in [1.82, 2.24) is 0 Å². The van der Waals surface area contributed by atoms with Gasteiger partial charge in [0.2, 0.25) is 0 Å². The predicted octanol–water partition coefficient (Wildman–Crippen LogP) is 3.60. The second-order valence-electron chi connectivity index (χ2n) is 7.18. The van der Waals surface area contributed by atoms with Gasteiger partial charge in [-0.25, -0.2) is 8.42 Å². The SMILES string of the molecule is CN(C)c1ccc(C(=CC(C#N)=C(C#N)S(C)(=O)=O)c2ccc(N(C)C)cc2)cc1. The highest BCUT2D eigenvalue weighted by Gasteiger charge is 2.18. The summed E-state index contributed by atoms with van der Waals surface area (Å²) in [4.78, 5) is 3.39. The van der Waals surface area contributed by atoms with E-state index < -0.39 is 14.7 Å². The first-order valence-corrected chi connectivity index (χ1v) is 11.0. The molecule has 30 heavy (non-hydrogen) atoms. The maximum absolute atomic E-state index is 12.0. The van der Waals surface area contributed by atoms with Gasteiger partial charge in [-0.3, -0.25) is 0 Å². The summed E-state index contributed by atoms with van der Waals surface area (Å²) in [6, 6.07) is 18.9. The van der Waals surface area contributed by atoms with E-state index in [0.29, 0.717) is 5.57 Å². The average Bonchev–Trinajstić information content (AvgIpc) is 2.70. The lowest BCUT2D eigenvalue weighted by molar-refractivity contribution is 0.608. The minimum absolute atomic E-state index is 0.191. The minimum atomic E-state index is -3.83. The molecule has 0 bridgehead atoms. The quantitative estimate of drug-likeness (QED) is 0.524. The van der Waals surface area contributed by atoms with E-state index in [-0.39, 0.29) is 5.57 Å². The van der Waals surface area contributed by atoms with E-state index in [4.69, 9.17) is 0 Å². The van der Waals surface area contributed by atoms with Crippen LogP contribution in [0.15, 0.2) is 65.1 Å². The van der Waals surface area contributed by atoms with Crippen molar-refractivity contribution in [3.8, 4) is 12.1 Å². The zero-order valence-corrected chi connectivity index (χ0v) is 18.5. The van der Waals surface area contributed by atoms with Crippen molar-refractivity contribution >= 4 is 26.8 Å². The third-order valence-corrected chi connectivity index (χ3v) is 5.57. The molecule has 0 aliphatic carbocycles. The highest BCUT2D eigenvalue weighted by Crippen LogP contribution is 2.29. The van der Waals surface area contributed by atoms with Gasteiger partial charge in [0.05, 0.1) is 5.57 Å². The fourth-order valence-electron chi connectivity index (χ4n) is 2.85. The molecular formula is C23H24N4O2S. The van der Waals surface area contributed by atoms with Crippen LogP contribution in [-0.2, 0) is 9.84 Å². The fourth-order valence-corrected chi connectivity index (χ4v) is 3.52. The minimum Gasteiger partial charge on any atom is -0.378 e. The summed E-state index contributed by atoms with van der Waals surface area (Å²) in [6.45, 7) is 0. The Kier molecular flexibility index (Phi) is 7.05. The zero-order valence-electron chi connectivity index (χ0n) is 17.7. The maximum atomic E-state index is 12.0. The third-order valence-electron chi connectivity index (χ3n) is 4.52. The lowest BCUT2D eigenvalue weighted by Gasteiger charge is -2.16. The van der Waals surface area contributed by atoms with E-state index in [1.54, 1.807) is 6.07 Å². The molecule has 0 aliphatic heterocycles. The van der Waals surface area contributed by atoms with Crippen molar-refractivity contribution < 1.29 is 8.42 Å². The number of rotatable bonds is 6. The van der Waals surface area contributed by atoms with E-state index in [0.717, 1.165) is 28.8 Å². The van der Waals surface area contributed by atoms with Crippen LogP contribution in [0.3, 0.4) is 0 Å². The highest BCUT2D eigenvalue weighted by molar-refractivity contribution is 7.94. The van der Waals surface area contributed by atoms with E-state index in [1.807, 2.05) is 92.6 Å². The van der Waals surface area contributed by atoms with Gasteiger partial charge < -0.3 is 9.80 Å². The molecule has 0 radical (unpaired) electrons. The second-order valence-corrected chi connectivity index (χ2v) is 9.13. The van der Waals surface area contributed by atoms with Gasteiger partial charge in [-0.2, -0.15) is 10.5 Å². The molecule has 0 atom stereocenters. The number of anilines is 2. The molecular weight excluding hydrogens is 396 g/mol. The summed E-state index contributed by atoms with van der Waals surface area (Å²) < 4.78 is 24.0. The summed E-state index contributed by atoms with van der Waals surface area (Å²) in [5, 5.41) is 18.9. The zero-order chi connectivity index (χ0) is 22.5. The van der Waals surface area contributed by atoms with Gasteiger partial charge in [0, 0.05) is 45.8 Å². The number of sulfone groups is 1. The van der Waals surface area contributed by atoms with Crippen LogP contribution >= 0.6 is 0 Å². The molecule has 0 fully saturated rings. The van der Waals surface area contributed by atoms with Crippen LogP contribution in [0, 0.1) is 22.7 Å². The van der Waals surface area contributed by atoms with Gasteiger partial charge in [0.1, 0.15) is 12.1 Å². The smallest absolute Gasteiger partial charge is 0.186 e. The molecule has 7 heteroatoms.